The van der Waals surface area contributed by atoms with Crippen LogP contribution < -0.4 is 15.4 Å². The van der Waals surface area contributed by atoms with E-state index in [1.807, 2.05) is 30.3 Å². The van der Waals surface area contributed by atoms with Crippen molar-refractivity contribution in [3.05, 3.63) is 120 Å². The van der Waals surface area contributed by atoms with Crippen molar-refractivity contribution < 1.29 is 27.1 Å². The van der Waals surface area contributed by atoms with E-state index in [9.17, 15) is 32.8 Å². The first-order chi connectivity index (χ1) is 20.8. The van der Waals surface area contributed by atoms with E-state index in [-0.39, 0.29) is 12.0 Å². The SMILES string of the molecule is CC(C)(F)C[C@H](N[C@@H](c1ccc(-c2ccc(-c3cc[n+]([O-])cc3)cc2)cc1)C(F)(F)F)C(=O)N[C@H](C#N)Cc1ccccc1. The molecule has 3 aromatic carbocycles. The second-order valence-electron chi connectivity index (χ2n) is 11.1. The van der Waals surface area contributed by atoms with E-state index in [0.29, 0.717) is 10.3 Å². The van der Waals surface area contributed by atoms with Crippen LogP contribution in [0.4, 0.5) is 17.6 Å². The number of carbonyl (C=O) groups excluding carboxylic acids is 1. The minimum Gasteiger partial charge on any atom is -0.619 e. The van der Waals surface area contributed by atoms with Gasteiger partial charge in [0, 0.05) is 25.0 Å². The molecule has 0 spiro atoms. The van der Waals surface area contributed by atoms with Gasteiger partial charge in [-0.05, 0) is 47.2 Å². The summed E-state index contributed by atoms with van der Waals surface area (Å²) < 4.78 is 58.5. The van der Waals surface area contributed by atoms with Crippen LogP contribution in [-0.2, 0) is 11.2 Å². The molecule has 10 heteroatoms. The van der Waals surface area contributed by atoms with Crippen LogP contribution in [0.5, 0.6) is 0 Å². The Bertz CT molecular complexity index is 1560. The van der Waals surface area contributed by atoms with Gasteiger partial charge in [-0.2, -0.15) is 23.2 Å². The van der Waals surface area contributed by atoms with Gasteiger partial charge in [-0.3, -0.25) is 10.1 Å². The highest BCUT2D eigenvalue weighted by Crippen LogP contribution is 2.35. The maximum atomic E-state index is 14.7. The molecule has 228 valence electrons. The Kier molecular flexibility index (Phi) is 10.0. The number of nitriles is 1. The van der Waals surface area contributed by atoms with Crippen molar-refractivity contribution in [1.82, 2.24) is 10.6 Å². The van der Waals surface area contributed by atoms with Crippen LogP contribution in [0.1, 0.15) is 37.4 Å². The molecule has 0 fully saturated rings. The predicted molar refractivity (Wildman–Crippen MR) is 159 cm³/mol. The van der Waals surface area contributed by atoms with Crippen LogP contribution in [0.25, 0.3) is 22.3 Å². The topological polar surface area (TPSA) is 91.9 Å². The van der Waals surface area contributed by atoms with Gasteiger partial charge in [0.25, 0.3) is 0 Å². The molecular weight excluding hydrogens is 572 g/mol. The Morgan fingerprint density at radius 3 is 1.82 bits per heavy atom. The van der Waals surface area contributed by atoms with E-state index in [0.717, 1.165) is 22.3 Å². The molecular formula is C34H32F4N4O2. The van der Waals surface area contributed by atoms with Gasteiger partial charge in [-0.25, -0.2) is 4.39 Å². The minimum atomic E-state index is -4.81. The number of hydrogen-bond donors (Lipinski definition) is 2. The van der Waals surface area contributed by atoms with E-state index in [1.54, 1.807) is 54.6 Å². The number of rotatable bonds is 11. The zero-order chi connectivity index (χ0) is 31.9. The molecule has 4 rings (SSSR count). The summed E-state index contributed by atoms with van der Waals surface area (Å²) in [5, 5.41) is 25.7. The first-order valence-corrected chi connectivity index (χ1v) is 14.0. The van der Waals surface area contributed by atoms with Gasteiger partial charge in [-0.1, -0.05) is 78.9 Å². The van der Waals surface area contributed by atoms with E-state index >= 15 is 0 Å². The third-order valence-electron chi connectivity index (χ3n) is 7.05. The number of nitrogens with zero attached hydrogens (tertiary/aromatic N) is 2. The summed E-state index contributed by atoms with van der Waals surface area (Å²) in [6, 6.07) is 22.4. The quantitative estimate of drug-likeness (QED) is 0.115. The minimum absolute atomic E-state index is 0.144. The standard InChI is InChI=1S/C34H32F4N4O2/c1-33(2,35)21-30(32(43)40-29(22-39)20-23-6-4-3-5-7-23)41-31(34(36,37)38)28-14-12-25(13-15-28)24-8-10-26(11-9-24)27-16-18-42(44)19-17-27/h3-19,29-31,41H,20-21H2,1-2H3,(H,40,43)/t29-,30-,31-/m0/s1. The van der Waals surface area contributed by atoms with E-state index in [4.69, 9.17) is 0 Å². The number of alkyl halides is 4. The highest BCUT2D eigenvalue weighted by Gasteiger charge is 2.44. The fraction of sp³-hybridized carbons (Fsp3) is 0.265. The summed E-state index contributed by atoms with van der Waals surface area (Å²) >= 11 is 0. The van der Waals surface area contributed by atoms with Crippen LogP contribution in [0.2, 0.25) is 0 Å². The highest BCUT2D eigenvalue weighted by atomic mass is 19.4. The number of carbonyl (C=O) groups is 1. The molecule has 0 aliphatic heterocycles. The molecule has 0 aliphatic rings. The molecule has 1 aromatic heterocycles. The van der Waals surface area contributed by atoms with Gasteiger partial charge >= 0.3 is 6.18 Å². The number of nitrogens with one attached hydrogen (secondary N) is 2. The number of benzene rings is 3. The number of hydrogen-bond acceptors (Lipinski definition) is 4. The predicted octanol–water partition coefficient (Wildman–Crippen LogP) is 6.60. The summed E-state index contributed by atoms with van der Waals surface area (Å²) in [4.78, 5) is 13.2. The molecule has 2 N–H and O–H groups in total. The van der Waals surface area contributed by atoms with Crippen molar-refractivity contribution in [2.45, 2.75) is 56.7 Å². The van der Waals surface area contributed by atoms with Gasteiger partial charge in [0.2, 0.25) is 5.91 Å². The van der Waals surface area contributed by atoms with Crippen LogP contribution >= 0.6 is 0 Å². The van der Waals surface area contributed by atoms with Crippen molar-refractivity contribution in [2.24, 2.45) is 0 Å². The van der Waals surface area contributed by atoms with Gasteiger partial charge in [-0.15, -0.1) is 0 Å². The Labute approximate surface area is 253 Å². The summed E-state index contributed by atoms with van der Waals surface area (Å²) in [5.74, 6) is -0.896. The Morgan fingerprint density at radius 1 is 0.841 bits per heavy atom. The number of amides is 1. The molecule has 0 radical (unpaired) electrons. The summed E-state index contributed by atoms with van der Waals surface area (Å²) in [6.45, 7) is 2.36. The molecule has 44 heavy (non-hydrogen) atoms. The average molecular weight is 605 g/mol. The monoisotopic (exact) mass is 604 g/mol. The first kappa shape index (κ1) is 32.2. The van der Waals surface area contributed by atoms with Gasteiger partial charge < -0.3 is 10.5 Å². The van der Waals surface area contributed by atoms with E-state index in [2.05, 4.69) is 10.6 Å². The lowest BCUT2D eigenvalue weighted by Crippen LogP contribution is -2.53. The highest BCUT2D eigenvalue weighted by molar-refractivity contribution is 5.82. The van der Waals surface area contributed by atoms with Crippen LogP contribution in [0.3, 0.4) is 0 Å². The zero-order valence-corrected chi connectivity index (χ0v) is 24.2. The van der Waals surface area contributed by atoms with E-state index in [1.165, 1.54) is 38.4 Å². The molecule has 0 bridgehead atoms. The lowest BCUT2D eigenvalue weighted by molar-refractivity contribution is -0.605. The van der Waals surface area contributed by atoms with Crippen LogP contribution in [-0.4, -0.2) is 29.8 Å². The largest absolute Gasteiger partial charge is 0.619 e. The molecule has 0 saturated carbocycles. The maximum Gasteiger partial charge on any atom is 0.407 e. The fourth-order valence-corrected chi connectivity index (χ4v) is 4.87. The molecule has 0 unspecified atom stereocenters. The molecule has 1 amide bonds. The average Bonchev–Trinajstić information content (AvgIpc) is 2.99. The number of halogens is 4. The maximum absolute atomic E-state index is 14.7. The zero-order valence-electron chi connectivity index (χ0n) is 24.2. The van der Waals surface area contributed by atoms with Gasteiger partial charge in [0.05, 0.1) is 12.1 Å². The summed E-state index contributed by atoms with van der Waals surface area (Å²) in [5.41, 5.74) is 1.79. The Hall–Kier alpha value is -4.75. The number of pyridine rings is 1. The fourth-order valence-electron chi connectivity index (χ4n) is 4.87. The van der Waals surface area contributed by atoms with Crippen molar-refractivity contribution in [2.75, 3.05) is 0 Å². The summed E-state index contributed by atoms with van der Waals surface area (Å²) in [6.07, 6.45) is -2.43. The van der Waals surface area contributed by atoms with Gasteiger partial charge in [0.15, 0.2) is 12.4 Å². The van der Waals surface area contributed by atoms with Crippen LogP contribution in [0.15, 0.2) is 103 Å². The molecule has 6 nitrogen and oxygen atoms in total. The smallest absolute Gasteiger partial charge is 0.407 e. The normalized spacial score (nSPS) is 13.8. The van der Waals surface area contributed by atoms with Crippen molar-refractivity contribution in [1.29, 1.82) is 5.26 Å². The first-order valence-electron chi connectivity index (χ1n) is 14.0. The Balaban J connectivity index is 1.53. The third-order valence-corrected chi connectivity index (χ3v) is 7.05. The third kappa shape index (κ3) is 8.88. The lowest BCUT2D eigenvalue weighted by Gasteiger charge is -2.30. The Morgan fingerprint density at radius 2 is 1.34 bits per heavy atom. The number of aromatic nitrogens is 1. The molecule has 3 atom stereocenters. The second kappa shape index (κ2) is 13.7. The van der Waals surface area contributed by atoms with Crippen molar-refractivity contribution in [3.8, 4) is 28.3 Å². The molecule has 0 aliphatic carbocycles. The van der Waals surface area contributed by atoms with Crippen molar-refractivity contribution >= 4 is 5.91 Å². The molecule has 0 saturated heterocycles. The molecule has 4 aromatic rings. The van der Waals surface area contributed by atoms with Crippen molar-refractivity contribution in [3.63, 3.8) is 0 Å². The van der Waals surface area contributed by atoms with Gasteiger partial charge in [0.1, 0.15) is 17.8 Å². The van der Waals surface area contributed by atoms with E-state index < -0.39 is 42.3 Å². The second-order valence-corrected chi connectivity index (χ2v) is 11.1. The molecule has 1 heterocycles. The summed E-state index contributed by atoms with van der Waals surface area (Å²) in [7, 11) is 0. The van der Waals surface area contributed by atoms with Crippen LogP contribution in [0, 0.1) is 16.5 Å². The lowest BCUT2D eigenvalue weighted by atomic mass is 9.95.